The smallest absolute Gasteiger partial charge is 0.260 e. The van der Waals surface area contributed by atoms with Gasteiger partial charge in [-0.05, 0) is 53.5 Å². The lowest BCUT2D eigenvalue weighted by atomic mass is 10.1. The molecule has 7 nitrogen and oxygen atoms in total. The zero-order valence-corrected chi connectivity index (χ0v) is 19.2. The van der Waals surface area contributed by atoms with Crippen molar-refractivity contribution in [2.75, 3.05) is 19.0 Å². The minimum absolute atomic E-state index is 0.138. The highest BCUT2D eigenvalue weighted by molar-refractivity contribution is 9.10. The van der Waals surface area contributed by atoms with Crippen molar-refractivity contribution in [2.45, 2.75) is 33.6 Å². The lowest BCUT2D eigenvalue weighted by Gasteiger charge is -2.15. The van der Waals surface area contributed by atoms with Gasteiger partial charge >= 0.3 is 0 Å². The summed E-state index contributed by atoms with van der Waals surface area (Å²) in [7, 11) is 1.54. The van der Waals surface area contributed by atoms with E-state index in [0.29, 0.717) is 51.1 Å². The highest BCUT2D eigenvalue weighted by atomic mass is 79.9. The van der Waals surface area contributed by atoms with Gasteiger partial charge in [-0.15, -0.1) is 0 Å². The van der Waals surface area contributed by atoms with Crippen LogP contribution in [0.1, 0.15) is 48.4 Å². The van der Waals surface area contributed by atoms with Crippen LogP contribution in [0.5, 0.6) is 11.5 Å². The minimum atomic E-state index is -0.295. The normalized spacial score (nSPS) is 10.9. The van der Waals surface area contributed by atoms with E-state index in [-0.39, 0.29) is 11.8 Å². The molecule has 0 saturated carbocycles. The van der Waals surface area contributed by atoms with Gasteiger partial charge in [0, 0.05) is 11.5 Å². The SMILES string of the molecule is CCOc1c(Br)cc(C(=O)Nc2c(C)cccc2-c2nc(C(C)C)no2)cc1OC. The number of aromatic nitrogens is 2. The second-order valence-corrected chi connectivity index (χ2v) is 7.84. The average Bonchev–Trinajstić information content (AvgIpc) is 3.21. The molecule has 2 aromatic carbocycles. The number of nitrogens with zero attached hydrogens (tertiary/aromatic N) is 2. The number of carbonyl (C=O) groups excluding carboxylic acids is 1. The maximum atomic E-state index is 13.1. The van der Waals surface area contributed by atoms with Crippen molar-refractivity contribution >= 4 is 27.5 Å². The minimum Gasteiger partial charge on any atom is -0.493 e. The van der Waals surface area contributed by atoms with E-state index in [9.17, 15) is 4.79 Å². The molecule has 0 fully saturated rings. The Hall–Kier alpha value is -2.87. The number of ether oxygens (including phenoxy) is 2. The second kappa shape index (κ2) is 9.30. The van der Waals surface area contributed by atoms with Crippen LogP contribution in [0.25, 0.3) is 11.5 Å². The monoisotopic (exact) mass is 473 g/mol. The molecule has 3 aromatic rings. The van der Waals surface area contributed by atoms with Gasteiger partial charge in [0.1, 0.15) is 0 Å². The highest BCUT2D eigenvalue weighted by Crippen LogP contribution is 2.37. The fourth-order valence-electron chi connectivity index (χ4n) is 2.91. The first-order valence-corrected chi connectivity index (χ1v) is 10.4. The van der Waals surface area contributed by atoms with Crippen molar-refractivity contribution in [1.29, 1.82) is 0 Å². The maximum Gasteiger partial charge on any atom is 0.260 e. The summed E-state index contributed by atoms with van der Waals surface area (Å²) in [5.74, 6) is 1.85. The topological polar surface area (TPSA) is 86.5 Å². The van der Waals surface area contributed by atoms with Gasteiger partial charge in [-0.3, -0.25) is 4.79 Å². The molecule has 0 aliphatic heterocycles. The molecule has 1 heterocycles. The molecule has 8 heteroatoms. The summed E-state index contributed by atoms with van der Waals surface area (Å²) in [5, 5.41) is 7.00. The summed E-state index contributed by atoms with van der Waals surface area (Å²) in [4.78, 5) is 17.5. The van der Waals surface area contributed by atoms with E-state index in [4.69, 9.17) is 14.0 Å². The Labute approximate surface area is 183 Å². The van der Waals surface area contributed by atoms with E-state index in [1.807, 2.05) is 45.9 Å². The Bertz CT molecular complexity index is 1060. The Morgan fingerprint density at radius 2 is 2.07 bits per heavy atom. The first kappa shape index (κ1) is 21.8. The molecule has 0 atom stereocenters. The van der Waals surface area contributed by atoms with E-state index in [1.165, 1.54) is 7.11 Å². The third-order valence-corrected chi connectivity index (χ3v) is 5.07. The predicted octanol–water partition coefficient (Wildman–Crippen LogP) is 5.59. The molecule has 0 unspecified atom stereocenters. The number of methoxy groups -OCH3 is 1. The number of anilines is 1. The largest absolute Gasteiger partial charge is 0.493 e. The van der Waals surface area contributed by atoms with Crippen molar-refractivity contribution in [3.63, 3.8) is 0 Å². The third-order valence-electron chi connectivity index (χ3n) is 4.48. The summed E-state index contributed by atoms with van der Waals surface area (Å²) >= 11 is 3.46. The molecule has 0 aliphatic rings. The van der Waals surface area contributed by atoms with Crippen LogP contribution in [-0.2, 0) is 0 Å². The zero-order chi connectivity index (χ0) is 21.8. The van der Waals surface area contributed by atoms with Crippen LogP contribution in [0.3, 0.4) is 0 Å². The van der Waals surface area contributed by atoms with E-state index in [0.717, 1.165) is 5.56 Å². The van der Waals surface area contributed by atoms with E-state index < -0.39 is 0 Å². The summed E-state index contributed by atoms with van der Waals surface area (Å²) in [6, 6.07) is 8.98. The molecule has 0 aliphatic carbocycles. The molecule has 0 bridgehead atoms. The summed E-state index contributed by atoms with van der Waals surface area (Å²) in [6.45, 7) is 8.26. The average molecular weight is 474 g/mol. The van der Waals surface area contributed by atoms with Crippen LogP contribution in [-0.4, -0.2) is 29.8 Å². The molecule has 30 heavy (non-hydrogen) atoms. The second-order valence-electron chi connectivity index (χ2n) is 6.99. The molecule has 3 rings (SSSR count). The summed E-state index contributed by atoms with van der Waals surface area (Å²) in [5.41, 5.74) is 2.58. The number of hydrogen-bond donors (Lipinski definition) is 1. The zero-order valence-electron chi connectivity index (χ0n) is 17.6. The van der Waals surface area contributed by atoms with Crippen LogP contribution >= 0.6 is 15.9 Å². The fraction of sp³-hybridized carbons (Fsp3) is 0.318. The quantitative estimate of drug-likeness (QED) is 0.481. The van der Waals surface area contributed by atoms with Crippen molar-refractivity contribution in [3.8, 4) is 23.0 Å². The maximum absolute atomic E-state index is 13.1. The number of nitrogens with one attached hydrogen (secondary N) is 1. The van der Waals surface area contributed by atoms with Crippen LogP contribution in [0.4, 0.5) is 5.69 Å². The number of amides is 1. The molecule has 1 N–H and O–H groups in total. The number of rotatable bonds is 7. The van der Waals surface area contributed by atoms with Crippen LogP contribution in [0.15, 0.2) is 39.3 Å². The number of aryl methyl sites for hydroxylation is 1. The van der Waals surface area contributed by atoms with Crippen LogP contribution in [0.2, 0.25) is 0 Å². The summed E-state index contributed by atoms with van der Waals surface area (Å²) in [6.07, 6.45) is 0. The van der Waals surface area contributed by atoms with Crippen molar-refractivity contribution in [1.82, 2.24) is 10.1 Å². The Morgan fingerprint density at radius 1 is 1.30 bits per heavy atom. The number of hydrogen-bond acceptors (Lipinski definition) is 6. The molecular weight excluding hydrogens is 450 g/mol. The van der Waals surface area contributed by atoms with Gasteiger partial charge in [-0.2, -0.15) is 4.98 Å². The molecule has 0 radical (unpaired) electrons. The predicted molar refractivity (Wildman–Crippen MR) is 118 cm³/mol. The Kier molecular flexibility index (Phi) is 6.77. The van der Waals surface area contributed by atoms with Gasteiger partial charge in [-0.1, -0.05) is 31.1 Å². The fourth-order valence-corrected chi connectivity index (χ4v) is 3.47. The van der Waals surface area contributed by atoms with Gasteiger partial charge in [0.25, 0.3) is 11.8 Å². The number of halogens is 1. The summed E-state index contributed by atoms with van der Waals surface area (Å²) < 4.78 is 17.1. The molecule has 1 amide bonds. The standard InChI is InChI=1S/C22H24BrN3O4/c1-6-29-19-16(23)10-14(11-17(19)28-5)21(27)24-18-13(4)8-7-9-15(18)22-25-20(12(2)3)26-30-22/h7-12H,6H2,1-5H3,(H,24,27). The van der Waals surface area contributed by atoms with Gasteiger partial charge in [0.15, 0.2) is 17.3 Å². The molecule has 1 aromatic heterocycles. The van der Waals surface area contributed by atoms with E-state index >= 15 is 0 Å². The number of para-hydroxylation sites is 1. The van der Waals surface area contributed by atoms with Crippen LogP contribution < -0.4 is 14.8 Å². The Morgan fingerprint density at radius 3 is 2.70 bits per heavy atom. The lowest BCUT2D eigenvalue weighted by molar-refractivity contribution is 0.102. The molecule has 158 valence electrons. The number of benzene rings is 2. The van der Waals surface area contributed by atoms with Gasteiger partial charge in [0.2, 0.25) is 0 Å². The van der Waals surface area contributed by atoms with Crippen molar-refractivity contribution in [2.24, 2.45) is 0 Å². The third kappa shape index (κ3) is 4.48. The Balaban J connectivity index is 1.97. The van der Waals surface area contributed by atoms with Gasteiger partial charge in [-0.25, -0.2) is 0 Å². The molecular formula is C22H24BrN3O4. The van der Waals surface area contributed by atoms with E-state index in [2.05, 4.69) is 31.4 Å². The first-order chi connectivity index (χ1) is 14.3. The van der Waals surface area contributed by atoms with Gasteiger partial charge in [0.05, 0.1) is 29.4 Å². The lowest BCUT2D eigenvalue weighted by Crippen LogP contribution is -2.14. The van der Waals surface area contributed by atoms with E-state index in [1.54, 1.807) is 12.1 Å². The van der Waals surface area contributed by atoms with Crippen LogP contribution in [0, 0.1) is 6.92 Å². The van der Waals surface area contributed by atoms with Crippen molar-refractivity contribution < 1.29 is 18.8 Å². The van der Waals surface area contributed by atoms with Crippen molar-refractivity contribution in [3.05, 3.63) is 51.8 Å². The molecule has 0 spiro atoms. The molecule has 0 saturated heterocycles. The first-order valence-electron chi connectivity index (χ1n) is 9.60. The number of carbonyl (C=O) groups is 1. The highest BCUT2D eigenvalue weighted by Gasteiger charge is 2.20. The van der Waals surface area contributed by atoms with Gasteiger partial charge < -0.3 is 19.3 Å².